The molecule has 0 fully saturated rings. The van der Waals surface area contributed by atoms with Crippen molar-refractivity contribution in [3.63, 3.8) is 0 Å². The van der Waals surface area contributed by atoms with Crippen LogP contribution in [0.25, 0.3) is 0 Å². The number of halogens is 1. The molecule has 0 spiro atoms. The number of aliphatic carboxylic acids is 1. The Morgan fingerprint density at radius 2 is 2.25 bits per heavy atom. The first-order valence-electron chi connectivity index (χ1n) is 5.76. The number of ether oxygens (including phenoxy) is 1. The highest BCUT2D eigenvalue weighted by atomic mass is 35.5. The zero-order valence-corrected chi connectivity index (χ0v) is 11.8. The molecular formula is C12H15ClN2O5. The Morgan fingerprint density at radius 3 is 2.70 bits per heavy atom. The van der Waals surface area contributed by atoms with E-state index in [4.69, 9.17) is 27.2 Å². The number of benzene rings is 1. The third-order valence-electron chi connectivity index (χ3n) is 2.65. The molecule has 2 unspecified atom stereocenters. The molecular weight excluding hydrogens is 288 g/mol. The fourth-order valence-corrected chi connectivity index (χ4v) is 1.91. The lowest BCUT2D eigenvalue weighted by Crippen LogP contribution is -2.47. The van der Waals surface area contributed by atoms with Gasteiger partial charge in [-0.15, -0.1) is 0 Å². The van der Waals surface area contributed by atoms with Gasteiger partial charge in [0.05, 0.1) is 11.0 Å². The van der Waals surface area contributed by atoms with Crippen LogP contribution in [0.4, 0.5) is 5.69 Å². The minimum Gasteiger partial charge on any atom is -0.491 e. The summed E-state index contributed by atoms with van der Waals surface area (Å²) in [4.78, 5) is 20.9. The van der Waals surface area contributed by atoms with Gasteiger partial charge in [-0.1, -0.05) is 11.6 Å². The number of nitro groups is 1. The van der Waals surface area contributed by atoms with Crippen LogP contribution in [0.3, 0.4) is 0 Å². The lowest BCUT2D eigenvalue weighted by atomic mass is 9.96. The maximum absolute atomic E-state index is 10.9. The Labute approximate surface area is 120 Å². The molecule has 0 saturated heterocycles. The molecule has 1 aromatic rings. The van der Waals surface area contributed by atoms with Gasteiger partial charge in [0, 0.05) is 18.6 Å². The van der Waals surface area contributed by atoms with Crippen molar-refractivity contribution < 1.29 is 19.6 Å². The quantitative estimate of drug-likeness (QED) is 0.614. The second-order valence-corrected chi connectivity index (χ2v) is 5.13. The SMILES string of the molecule is CC(CC(C)(N)C(=O)O)Oc1ccc([N+](=O)[O-])c(Cl)c1. The van der Waals surface area contributed by atoms with Crippen LogP contribution in [0.5, 0.6) is 5.75 Å². The van der Waals surface area contributed by atoms with Crippen LogP contribution >= 0.6 is 11.6 Å². The minimum atomic E-state index is -1.41. The molecule has 0 saturated carbocycles. The van der Waals surface area contributed by atoms with E-state index in [1.165, 1.54) is 25.1 Å². The second-order valence-electron chi connectivity index (χ2n) is 4.73. The molecule has 110 valence electrons. The average molecular weight is 303 g/mol. The highest BCUT2D eigenvalue weighted by Gasteiger charge is 2.30. The summed E-state index contributed by atoms with van der Waals surface area (Å²) in [6.45, 7) is 3.04. The number of carboxylic acid groups (broad SMARTS) is 1. The van der Waals surface area contributed by atoms with Crippen molar-refractivity contribution >= 4 is 23.3 Å². The molecule has 0 aromatic heterocycles. The first kappa shape index (κ1) is 16.2. The maximum Gasteiger partial charge on any atom is 0.323 e. The number of rotatable bonds is 6. The Bertz CT molecular complexity index is 533. The molecule has 0 amide bonds. The van der Waals surface area contributed by atoms with Gasteiger partial charge in [0.1, 0.15) is 16.3 Å². The zero-order chi connectivity index (χ0) is 15.5. The van der Waals surface area contributed by atoms with Gasteiger partial charge in [0.25, 0.3) is 5.69 Å². The van der Waals surface area contributed by atoms with E-state index < -0.39 is 22.5 Å². The van der Waals surface area contributed by atoms with Gasteiger partial charge >= 0.3 is 5.97 Å². The summed E-state index contributed by atoms with van der Waals surface area (Å²) < 4.78 is 5.47. The minimum absolute atomic E-state index is 0.0477. The predicted molar refractivity (Wildman–Crippen MR) is 73.0 cm³/mol. The molecule has 3 N–H and O–H groups in total. The Balaban J connectivity index is 2.77. The standard InChI is InChI=1S/C12H15ClN2O5/c1-7(6-12(2,14)11(16)17)20-8-3-4-10(15(18)19)9(13)5-8/h3-5,7H,6,14H2,1-2H3,(H,16,17). The summed E-state index contributed by atoms with van der Waals surface area (Å²) in [6, 6.07) is 3.93. The molecule has 0 aliphatic carbocycles. The first-order chi connectivity index (χ1) is 9.13. The van der Waals surface area contributed by atoms with E-state index in [2.05, 4.69) is 0 Å². The van der Waals surface area contributed by atoms with E-state index in [1.54, 1.807) is 6.92 Å². The van der Waals surface area contributed by atoms with E-state index in [1.807, 2.05) is 0 Å². The normalized spacial score (nSPS) is 15.2. The molecule has 0 radical (unpaired) electrons. The van der Waals surface area contributed by atoms with Crippen molar-refractivity contribution in [1.82, 2.24) is 0 Å². The topological polar surface area (TPSA) is 116 Å². The van der Waals surface area contributed by atoms with Crippen LogP contribution in [0, 0.1) is 10.1 Å². The number of nitro benzene ring substituents is 1. The summed E-state index contributed by atoms with van der Waals surface area (Å²) >= 11 is 5.75. The summed E-state index contributed by atoms with van der Waals surface area (Å²) in [5.41, 5.74) is 3.98. The number of carbonyl (C=O) groups is 1. The highest BCUT2D eigenvalue weighted by molar-refractivity contribution is 6.32. The van der Waals surface area contributed by atoms with E-state index in [0.717, 1.165) is 0 Å². The van der Waals surface area contributed by atoms with Gasteiger partial charge in [-0.2, -0.15) is 0 Å². The largest absolute Gasteiger partial charge is 0.491 e. The summed E-state index contributed by atoms with van der Waals surface area (Å²) in [5, 5.41) is 19.5. The molecule has 7 nitrogen and oxygen atoms in total. The van der Waals surface area contributed by atoms with Gasteiger partial charge in [0.2, 0.25) is 0 Å². The Morgan fingerprint density at radius 1 is 1.65 bits per heavy atom. The van der Waals surface area contributed by atoms with Crippen LogP contribution in [0.1, 0.15) is 20.3 Å². The second kappa shape index (κ2) is 6.06. The van der Waals surface area contributed by atoms with Gasteiger partial charge in [0.15, 0.2) is 0 Å². The summed E-state index contributed by atoms with van der Waals surface area (Å²) in [5.74, 6) is -0.816. The van der Waals surface area contributed by atoms with Crippen LogP contribution in [-0.4, -0.2) is 27.6 Å². The van der Waals surface area contributed by atoms with E-state index >= 15 is 0 Å². The van der Waals surface area contributed by atoms with Crippen LogP contribution < -0.4 is 10.5 Å². The van der Waals surface area contributed by atoms with E-state index in [-0.39, 0.29) is 17.1 Å². The Hall–Kier alpha value is -1.86. The Kier molecular flexibility index (Phi) is 4.91. The number of hydrogen-bond donors (Lipinski definition) is 2. The first-order valence-corrected chi connectivity index (χ1v) is 6.14. The number of nitrogens with zero attached hydrogens (tertiary/aromatic N) is 1. The fourth-order valence-electron chi connectivity index (χ4n) is 1.67. The zero-order valence-electron chi connectivity index (χ0n) is 11.0. The molecule has 1 rings (SSSR count). The van der Waals surface area contributed by atoms with Crippen molar-refractivity contribution in [3.8, 4) is 5.75 Å². The van der Waals surface area contributed by atoms with Gasteiger partial charge in [-0.05, 0) is 19.9 Å². The van der Waals surface area contributed by atoms with Crippen molar-refractivity contribution in [2.24, 2.45) is 5.73 Å². The maximum atomic E-state index is 10.9. The molecule has 0 bridgehead atoms. The molecule has 0 aliphatic heterocycles. The van der Waals surface area contributed by atoms with Crippen molar-refractivity contribution in [1.29, 1.82) is 0 Å². The lowest BCUT2D eigenvalue weighted by Gasteiger charge is -2.24. The third kappa shape index (κ3) is 4.07. The van der Waals surface area contributed by atoms with Crippen molar-refractivity contribution in [2.45, 2.75) is 31.9 Å². The molecule has 2 atom stereocenters. The smallest absolute Gasteiger partial charge is 0.323 e. The average Bonchev–Trinajstić information content (AvgIpc) is 2.26. The fraction of sp³-hybridized carbons (Fsp3) is 0.417. The molecule has 0 heterocycles. The molecule has 1 aromatic carbocycles. The van der Waals surface area contributed by atoms with E-state index in [9.17, 15) is 14.9 Å². The molecule has 0 aliphatic rings. The van der Waals surface area contributed by atoms with Crippen LogP contribution in [0.15, 0.2) is 18.2 Å². The van der Waals surface area contributed by atoms with Gasteiger partial charge in [-0.3, -0.25) is 14.9 Å². The van der Waals surface area contributed by atoms with Gasteiger partial charge in [-0.25, -0.2) is 0 Å². The van der Waals surface area contributed by atoms with Crippen LogP contribution in [0.2, 0.25) is 5.02 Å². The summed E-state index contributed by atoms with van der Waals surface area (Å²) in [6.07, 6.45) is -0.407. The lowest BCUT2D eigenvalue weighted by molar-refractivity contribution is -0.384. The number of hydrogen-bond acceptors (Lipinski definition) is 5. The monoisotopic (exact) mass is 302 g/mol. The number of carboxylic acids is 1. The molecule has 8 heteroatoms. The predicted octanol–water partition coefficient (Wildman–Crippen LogP) is 2.21. The number of nitrogens with two attached hydrogens (primary N) is 1. The van der Waals surface area contributed by atoms with Gasteiger partial charge < -0.3 is 15.6 Å². The van der Waals surface area contributed by atoms with Crippen molar-refractivity contribution in [2.75, 3.05) is 0 Å². The van der Waals surface area contributed by atoms with E-state index in [0.29, 0.717) is 5.75 Å². The third-order valence-corrected chi connectivity index (χ3v) is 2.96. The van der Waals surface area contributed by atoms with Crippen LogP contribution in [-0.2, 0) is 4.79 Å². The highest BCUT2D eigenvalue weighted by Crippen LogP contribution is 2.29. The molecule has 20 heavy (non-hydrogen) atoms. The summed E-state index contributed by atoms with van der Waals surface area (Å²) in [7, 11) is 0. The van der Waals surface area contributed by atoms with Crippen molar-refractivity contribution in [3.05, 3.63) is 33.3 Å².